The van der Waals surface area contributed by atoms with Crippen LogP contribution in [-0.2, 0) is 6.54 Å². The van der Waals surface area contributed by atoms with Crippen LogP contribution in [0.4, 0.5) is 0 Å². The molecule has 1 atom stereocenters. The van der Waals surface area contributed by atoms with Gasteiger partial charge in [0.05, 0.1) is 17.6 Å². The molecule has 0 amide bonds. The number of para-hydroxylation sites is 2. The van der Waals surface area contributed by atoms with Gasteiger partial charge in [-0.1, -0.05) is 88.4 Å². The molecule has 3 aromatic heterocycles. The lowest BCUT2D eigenvalue weighted by Crippen LogP contribution is -2.12. The zero-order chi connectivity index (χ0) is 29.0. The fraction of sp³-hybridized carbons (Fsp3) is 0.263. The third-order valence-electron chi connectivity index (χ3n) is 8.77. The van der Waals surface area contributed by atoms with Gasteiger partial charge >= 0.3 is 0 Å². The Hall–Kier alpha value is -4.44. The standard InChI is InChI=1S/C38H37N3O/c1-23(2)29-18-27(26-13-7-6-8-14-26)19-30(24(3)4)31(29)22-41-33-16-10-9-15-32(33)40-38(41)28-20-35-37(39-21-28)36-25(5)12-11-17-34(36)42-35/h6-13,15-21,23-24,26H,14,22H2,1-5H3. The largest absolute Gasteiger partial charge is 0.454 e. The van der Waals surface area contributed by atoms with Gasteiger partial charge in [-0.2, -0.15) is 0 Å². The van der Waals surface area contributed by atoms with Crippen molar-refractivity contribution in [3.8, 4) is 11.4 Å². The molecule has 4 nitrogen and oxygen atoms in total. The molecule has 0 bridgehead atoms. The van der Waals surface area contributed by atoms with E-state index in [9.17, 15) is 0 Å². The van der Waals surface area contributed by atoms with Crippen molar-refractivity contribution in [3.63, 3.8) is 0 Å². The Morgan fingerprint density at radius 2 is 1.69 bits per heavy atom. The number of nitrogens with zero attached hydrogens (tertiary/aromatic N) is 3. The predicted octanol–water partition coefficient (Wildman–Crippen LogP) is 10.2. The minimum atomic E-state index is 0.399. The van der Waals surface area contributed by atoms with Crippen molar-refractivity contribution in [2.45, 2.75) is 65.3 Å². The van der Waals surface area contributed by atoms with E-state index in [2.05, 4.69) is 112 Å². The fourth-order valence-corrected chi connectivity index (χ4v) is 6.59. The SMILES string of the molecule is Cc1cccc2oc3cc(-c4nc5ccccc5n4Cc4c(C(C)C)cc(C5C=CC=CC5)cc4C(C)C)cnc3c12. The van der Waals surface area contributed by atoms with E-state index in [0.29, 0.717) is 17.8 Å². The Bertz CT molecular complexity index is 1990. The number of benzene rings is 3. The number of hydrogen-bond donors (Lipinski definition) is 0. The summed E-state index contributed by atoms with van der Waals surface area (Å²) in [6.45, 7) is 12.1. The number of aryl methyl sites for hydroxylation is 1. The average Bonchev–Trinajstić information content (AvgIpc) is 3.56. The van der Waals surface area contributed by atoms with E-state index in [-0.39, 0.29) is 0 Å². The molecule has 6 aromatic rings. The Balaban J connectivity index is 1.41. The zero-order valence-electron chi connectivity index (χ0n) is 25.1. The van der Waals surface area contributed by atoms with Crippen molar-refractivity contribution in [2.75, 3.05) is 0 Å². The molecular weight excluding hydrogens is 514 g/mol. The lowest BCUT2D eigenvalue weighted by Gasteiger charge is -2.25. The molecule has 210 valence electrons. The first-order valence-corrected chi connectivity index (χ1v) is 15.1. The maximum Gasteiger partial charge on any atom is 0.154 e. The normalized spacial score (nSPS) is 15.3. The van der Waals surface area contributed by atoms with Crippen LogP contribution in [0.3, 0.4) is 0 Å². The summed E-state index contributed by atoms with van der Waals surface area (Å²) in [5, 5.41) is 1.08. The second-order valence-electron chi connectivity index (χ2n) is 12.3. The minimum absolute atomic E-state index is 0.399. The minimum Gasteiger partial charge on any atom is -0.454 e. The number of allylic oxidation sites excluding steroid dienone is 4. The van der Waals surface area contributed by atoms with Gasteiger partial charge in [-0.05, 0) is 77.3 Å². The molecule has 7 rings (SSSR count). The first-order chi connectivity index (χ1) is 20.4. The number of rotatable bonds is 6. The number of aromatic nitrogens is 3. The molecule has 0 saturated carbocycles. The molecule has 42 heavy (non-hydrogen) atoms. The van der Waals surface area contributed by atoms with E-state index < -0.39 is 0 Å². The van der Waals surface area contributed by atoms with Gasteiger partial charge in [0.1, 0.15) is 16.9 Å². The molecule has 0 fully saturated rings. The van der Waals surface area contributed by atoms with Gasteiger partial charge in [-0.3, -0.25) is 4.98 Å². The number of furan rings is 1. The van der Waals surface area contributed by atoms with Gasteiger partial charge in [-0.15, -0.1) is 0 Å². The lowest BCUT2D eigenvalue weighted by atomic mass is 9.82. The lowest BCUT2D eigenvalue weighted by molar-refractivity contribution is 0.668. The second-order valence-corrected chi connectivity index (χ2v) is 12.3. The first-order valence-electron chi connectivity index (χ1n) is 15.1. The van der Waals surface area contributed by atoms with E-state index in [0.717, 1.165) is 57.5 Å². The molecule has 0 spiro atoms. The molecule has 4 heteroatoms. The van der Waals surface area contributed by atoms with Crippen LogP contribution >= 0.6 is 0 Å². The van der Waals surface area contributed by atoms with Gasteiger partial charge in [0.25, 0.3) is 0 Å². The van der Waals surface area contributed by atoms with Crippen LogP contribution in [0.2, 0.25) is 0 Å². The van der Waals surface area contributed by atoms with Crippen LogP contribution in [0.15, 0.2) is 95.6 Å². The highest BCUT2D eigenvalue weighted by atomic mass is 16.3. The van der Waals surface area contributed by atoms with Gasteiger partial charge in [-0.25, -0.2) is 4.98 Å². The number of fused-ring (bicyclic) bond motifs is 4. The van der Waals surface area contributed by atoms with Crippen molar-refractivity contribution in [1.82, 2.24) is 14.5 Å². The number of imidazole rings is 1. The van der Waals surface area contributed by atoms with Crippen LogP contribution in [-0.4, -0.2) is 14.5 Å². The Morgan fingerprint density at radius 3 is 2.43 bits per heavy atom. The van der Waals surface area contributed by atoms with E-state index in [1.54, 1.807) is 0 Å². The molecular formula is C38H37N3O. The smallest absolute Gasteiger partial charge is 0.154 e. The summed E-state index contributed by atoms with van der Waals surface area (Å²) in [6.07, 6.45) is 12.0. The van der Waals surface area contributed by atoms with Crippen molar-refractivity contribution in [3.05, 3.63) is 119 Å². The molecule has 3 heterocycles. The molecule has 0 radical (unpaired) electrons. The van der Waals surface area contributed by atoms with Crippen LogP contribution in [0.25, 0.3) is 44.5 Å². The van der Waals surface area contributed by atoms with Gasteiger partial charge < -0.3 is 8.98 Å². The fourth-order valence-electron chi connectivity index (χ4n) is 6.59. The summed E-state index contributed by atoms with van der Waals surface area (Å²) in [4.78, 5) is 10.1. The monoisotopic (exact) mass is 551 g/mol. The second kappa shape index (κ2) is 10.4. The van der Waals surface area contributed by atoms with Crippen molar-refractivity contribution >= 4 is 33.1 Å². The first kappa shape index (κ1) is 26.5. The maximum atomic E-state index is 6.29. The highest BCUT2D eigenvalue weighted by Gasteiger charge is 2.22. The molecule has 0 N–H and O–H groups in total. The van der Waals surface area contributed by atoms with Crippen LogP contribution in [0, 0.1) is 6.92 Å². The predicted molar refractivity (Wildman–Crippen MR) is 174 cm³/mol. The molecule has 1 aliphatic carbocycles. The summed E-state index contributed by atoms with van der Waals surface area (Å²) in [6, 6.07) is 21.6. The topological polar surface area (TPSA) is 43.9 Å². The zero-order valence-corrected chi connectivity index (χ0v) is 25.1. The van der Waals surface area contributed by atoms with Crippen molar-refractivity contribution in [2.24, 2.45) is 0 Å². The summed E-state index contributed by atoms with van der Waals surface area (Å²) in [5.74, 6) is 2.14. The van der Waals surface area contributed by atoms with Gasteiger partial charge in [0, 0.05) is 23.1 Å². The summed E-state index contributed by atoms with van der Waals surface area (Å²) >= 11 is 0. The summed E-state index contributed by atoms with van der Waals surface area (Å²) in [7, 11) is 0. The number of pyridine rings is 1. The number of hydrogen-bond acceptors (Lipinski definition) is 3. The third-order valence-corrected chi connectivity index (χ3v) is 8.77. The summed E-state index contributed by atoms with van der Waals surface area (Å²) in [5.41, 5.74) is 12.5. The molecule has 1 aliphatic rings. The Labute approximate surface area is 247 Å². The van der Waals surface area contributed by atoms with Crippen molar-refractivity contribution in [1.29, 1.82) is 0 Å². The summed E-state index contributed by atoms with van der Waals surface area (Å²) < 4.78 is 8.67. The van der Waals surface area contributed by atoms with Crippen LogP contribution < -0.4 is 0 Å². The average molecular weight is 552 g/mol. The van der Waals surface area contributed by atoms with Crippen molar-refractivity contribution < 1.29 is 4.42 Å². The highest BCUT2D eigenvalue weighted by molar-refractivity contribution is 6.05. The van der Waals surface area contributed by atoms with Gasteiger partial charge in [0.2, 0.25) is 0 Å². The van der Waals surface area contributed by atoms with Crippen LogP contribution in [0.5, 0.6) is 0 Å². The Morgan fingerprint density at radius 1 is 0.905 bits per heavy atom. The molecule has 0 saturated heterocycles. The van der Waals surface area contributed by atoms with Gasteiger partial charge in [0.15, 0.2) is 5.58 Å². The van der Waals surface area contributed by atoms with E-state index >= 15 is 0 Å². The molecule has 1 unspecified atom stereocenters. The van der Waals surface area contributed by atoms with E-state index in [1.807, 2.05) is 18.3 Å². The highest BCUT2D eigenvalue weighted by Crippen LogP contribution is 2.37. The van der Waals surface area contributed by atoms with Crippen LogP contribution in [0.1, 0.15) is 79.7 Å². The third kappa shape index (κ3) is 4.46. The molecule has 3 aromatic carbocycles. The van der Waals surface area contributed by atoms with E-state index in [1.165, 1.54) is 27.8 Å². The maximum absolute atomic E-state index is 6.29. The quantitative estimate of drug-likeness (QED) is 0.207. The Kier molecular flexibility index (Phi) is 6.57. The molecule has 0 aliphatic heterocycles. The van der Waals surface area contributed by atoms with E-state index in [4.69, 9.17) is 14.4 Å².